The normalized spacial score (nSPS) is 13.8. The van der Waals surface area contributed by atoms with Crippen molar-refractivity contribution < 1.29 is 9.53 Å². The molecule has 0 aromatic carbocycles. The number of carbonyl (C=O) groups is 1. The molecular formula is C10H21NO2S. The van der Waals surface area contributed by atoms with Gasteiger partial charge in [-0.15, -0.1) is 0 Å². The Morgan fingerprint density at radius 1 is 1.50 bits per heavy atom. The van der Waals surface area contributed by atoms with Crippen LogP contribution in [0.5, 0.6) is 0 Å². The number of carbonyl (C=O) groups excluding carboxylic acids is 1. The molecule has 0 aromatic heterocycles. The first-order valence-corrected chi connectivity index (χ1v) is 6.23. The van der Waals surface area contributed by atoms with Crippen LogP contribution in [0.15, 0.2) is 0 Å². The maximum Gasteiger partial charge on any atom is 0.323 e. The molecule has 4 heteroatoms. The van der Waals surface area contributed by atoms with E-state index in [9.17, 15) is 4.79 Å². The zero-order chi connectivity index (χ0) is 11.2. The van der Waals surface area contributed by atoms with Gasteiger partial charge in [-0.2, -0.15) is 11.8 Å². The van der Waals surface area contributed by atoms with Crippen LogP contribution in [0.1, 0.15) is 33.6 Å². The lowest BCUT2D eigenvalue weighted by Gasteiger charge is -2.22. The van der Waals surface area contributed by atoms with Gasteiger partial charge in [0.25, 0.3) is 0 Å². The van der Waals surface area contributed by atoms with Crippen LogP contribution in [-0.2, 0) is 9.53 Å². The zero-order valence-electron chi connectivity index (χ0n) is 9.50. The Kier molecular flexibility index (Phi) is 6.20. The summed E-state index contributed by atoms with van der Waals surface area (Å²) in [5, 5.41) is 0. The van der Waals surface area contributed by atoms with E-state index in [-0.39, 0.29) is 5.97 Å². The monoisotopic (exact) mass is 219 g/mol. The summed E-state index contributed by atoms with van der Waals surface area (Å²) in [5.41, 5.74) is 5.25. The lowest BCUT2D eigenvalue weighted by atomic mass is 10.1. The fraction of sp³-hybridized carbons (Fsp3) is 0.900. The van der Waals surface area contributed by atoms with Gasteiger partial charge in [0, 0.05) is 0 Å². The molecule has 0 aliphatic carbocycles. The highest BCUT2D eigenvalue weighted by Gasteiger charge is 2.21. The van der Waals surface area contributed by atoms with E-state index in [0.717, 1.165) is 12.2 Å². The molecule has 3 nitrogen and oxygen atoms in total. The molecule has 0 spiro atoms. The van der Waals surface area contributed by atoms with Gasteiger partial charge in [-0.3, -0.25) is 4.79 Å². The topological polar surface area (TPSA) is 52.3 Å². The van der Waals surface area contributed by atoms with Crippen LogP contribution in [-0.4, -0.2) is 29.6 Å². The highest BCUT2D eigenvalue weighted by molar-refractivity contribution is 7.98. The van der Waals surface area contributed by atoms with Gasteiger partial charge < -0.3 is 10.5 Å². The fourth-order valence-corrected chi connectivity index (χ4v) is 1.40. The van der Waals surface area contributed by atoms with E-state index >= 15 is 0 Å². The summed E-state index contributed by atoms with van der Waals surface area (Å²) in [5.74, 6) is 0.745. The number of nitrogens with two attached hydrogens (primary N) is 1. The van der Waals surface area contributed by atoms with E-state index in [2.05, 4.69) is 0 Å². The van der Waals surface area contributed by atoms with E-state index in [1.165, 1.54) is 0 Å². The molecule has 0 saturated carbocycles. The third-order valence-corrected chi connectivity index (χ3v) is 2.27. The van der Waals surface area contributed by atoms with Crippen molar-refractivity contribution in [3.05, 3.63) is 0 Å². The molecule has 0 aromatic rings. The van der Waals surface area contributed by atoms with Crippen molar-refractivity contribution in [2.24, 2.45) is 5.73 Å². The summed E-state index contributed by atoms with van der Waals surface area (Å²) in [6.45, 7) is 5.54. The van der Waals surface area contributed by atoms with Gasteiger partial charge in [0.2, 0.25) is 0 Å². The van der Waals surface area contributed by atoms with Crippen molar-refractivity contribution in [1.29, 1.82) is 0 Å². The SMILES string of the molecule is CSCCCC(N)C(=O)OC(C)(C)C. The van der Waals surface area contributed by atoms with Crippen LogP contribution in [0.2, 0.25) is 0 Å². The Labute approximate surface area is 90.8 Å². The maximum absolute atomic E-state index is 11.4. The fourth-order valence-electron chi connectivity index (χ4n) is 0.943. The van der Waals surface area contributed by atoms with Crippen LogP contribution in [0.25, 0.3) is 0 Å². The van der Waals surface area contributed by atoms with Crippen molar-refractivity contribution in [3.8, 4) is 0 Å². The number of rotatable bonds is 5. The van der Waals surface area contributed by atoms with Crippen molar-refractivity contribution >= 4 is 17.7 Å². The predicted octanol–water partition coefficient (Wildman–Crippen LogP) is 1.80. The molecular weight excluding hydrogens is 198 g/mol. The first-order valence-electron chi connectivity index (χ1n) is 4.84. The molecule has 0 rings (SSSR count). The summed E-state index contributed by atoms with van der Waals surface area (Å²) >= 11 is 1.76. The smallest absolute Gasteiger partial charge is 0.323 e. The van der Waals surface area contributed by atoms with Gasteiger partial charge in [-0.05, 0) is 45.6 Å². The Bertz CT molecular complexity index is 177. The van der Waals surface area contributed by atoms with Crippen molar-refractivity contribution in [3.63, 3.8) is 0 Å². The molecule has 0 saturated heterocycles. The number of ether oxygens (including phenoxy) is 1. The molecule has 2 N–H and O–H groups in total. The Morgan fingerprint density at radius 3 is 2.50 bits per heavy atom. The Morgan fingerprint density at radius 2 is 2.07 bits per heavy atom. The molecule has 0 bridgehead atoms. The summed E-state index contributed by atoms with van der Waals surface area (Å²) in [6, 6.07) is -0.471. The average Bonchev–Trinajstić information content (AvgIpc) is 2.01. The predicted molar refractivity (Wildman–Crippen MR) is 61.4 cm³/mol. The number of hydrogen-bond donors (Lipinski definition) is 1. The van der Waals surface area contributed by atoms with Gasteiger partial charge in [0.05, 0.1) is 0 Å². The summed E-state index contributed by atoms with van der Waals surface area (Å²) < 4.78 is 5.16. The number of hydrogen-bond acceptors (Lipinski definition) is 4. The summed E-state index contributed by atoms with van der Waals surface area (Å²) in [4.78, 5) is 11.4. The van der Waals surface area contributed by atoms with Crippen LogP contribution in [0.4, 0.5) is 0 Å². The van der Waals surface area contributed by atoms with E-state index in [4.69, 9.17) is 10.5 Å². The molecule has 1 unspecified atom stereocenters. The molecule has 0 amide bonds. The average molecular weight is 219 g/mol. The molecule has 0 aliphatic heterocycles. The summed E-state index contributed by atoms with van der Waals surface area (Å²) in [6.07, 6.45) is 3.70. The van der Waals surface area contributed by atoms with E-state index < -0.39 is 11.6 Å². The van der Waals surface area contributed by atoms with E-state index in [1.54, 1.807) is 11.8 Å². The Balaban J connectivity index is 3.77. The van der Waals surface area contributed by atoms with Gasteiger partial charge in [0.1, 0.15) is 11.6 Å². The molecule has 0 aliphatic rings. The second-order valence-corrected chi connectivity index (χ2v) is 5.26. The molecule has 1 atom stereocenters. The Hall–Kier alpha value is -0.220. The van der Waals surface area contributed by atoms with Crippen LogP contribution >= 0.6 is 11.8 Å². The quantitative estimate of drug-likeness (QED) is 0.566. The highest BCUT2D eigenvalue weighted by atomic mass is 32.2. The van der Waals surface area contributed by atoms with Crippen LogP contribution < -0.4 is 5.73 Å². The van der Waals surface area contributed by atoms with Gasteiger partial charge in [-0.25, -0.2) is 0 Å². The minimum atomic E-state index is -0.471. The van der Waals surface area contributed by atoms with Crippen molar-refractivity contribution in [1.82, 2.24) is 0 Å². The molecule has 14 heavy (non-hydrogen) atoms. The minimum Gasteiger partial charge on any atom is -0.459 e. The molecule has 0 fully saturated rings. The van der Waals surface area contributed by atoms with Gasteiger partial charge >= 0.3 is 5.97 Å². The molecule has 84 valence electrons. The van der Waals surface area contributed by atoms with Gasteiger partial charge in [-0.1, -0.05) is 0 Å². The second-order valence-electron chi connectivity index (χ2n) is 4.27. The first-order chi connectivity index (χ1) is 6.37. The highest BCUT2D eigenvalue weighted by Crippen LogP contribution is 2.10. The minimum absolute atomic E-state index is 0.293. The lowest BCUT2D eigenvalue weighted by molar-refractivity contribution is -0.156. The van der Waals surface area contributed by atoms with Crippen molar-refractivity contribution in [2.45, 2.75) is 45.3 Å². The lowest BCUT2D eigenvalue weighted by Crippen LogP contribution is -2.37. The number of esters is 1. The van der Waals surface area contributed by atoms with Gasteiger partial charge in [0.15, 0.2) is 0 Å². The third kappa shape index (κ3) is 7.21. The summed E-state index contributed by atoms with van der Waals surface area (Å²) in [7, 11) is 0. The van der Waals surface area contributed by atoms with Crippen LogP contribution in [0, 0.1) is 0 Å². The zero-order valence-corrected chi connectivity index (χ0v) is 10.3. The third-order valence-electron chi connectivity index (χ3n) is 1.57. The van der Waals surface area contributed by atoms with E-state index in [0.29, 0.717) is 6.42 Å². The van der Waals surface area contributed by atoms with Crippen molar-refractivity contribution in [2.75, 3.05) is 12.0 Å². The first kappa shape index (κ1) is 13.8. The van der Waals surface area contributed by atoms with Crippen LogP contribution in [0.3, 0.4) is 0 Å². The number of thioether (sulfide) groups is 1. The second kappa shape index (κ2) is 6.30. The van der Waals surface area contributed by atoms with E-state index in [1.807, 2.05) is 27.0 Å². The maximum atomic E-state index is 11.4. The molecule has 0 radical (unpaired) electrons. The standard InChI is InChI=1S/C10H21NO2S/c1-10(2,3)13-9(12)8(11)6-5-7-14-4/h8H,5-7,11H2,1-4H3. The largest absolute Gasteiger partial charge is 0.459 e. The molecule has 0 heterocycles.